The number of halogens is 2. The molecular formula is C12H15Br2N3S. The quantitative estimate of drug-likeness (QED) is 0.854. The van der Waals surface area contributed by atoms with Crippen LogP contribution in [-0.2, 0) is 20.1 Å². The third-order valence-electron chi connectivity index (χ3n) is 2.96. The van der Waals surface area contributed by atoms with Crippen LogP contribution in [0, 0.1) is 13.8 Å². The Morgan fingerprint density at radius 3 is 2.56 bits per heavy atom. The van der Waals surface area contributed by atoms with Crippen molar-refractivity contribution in [1.29, 1.82) is 0 Å². The summed E-state index contributed by atoms with van der Waals surface area (Å²) < 4.78 is 4.20. The van der Waals surface area contributed by atoms with Crippen LogP contribution in [0.25, 0.3) is 0 Å². The van der Waals surface area contributed by atoms with Crippen molar-refractivity contribution in [3.8, 4) is 0 Å². The van der Waals surface area contributed by atoms with Gasteiger partial charge in [0.1, 0.15) is 0 Å². The molecule has 2 aromatic heterocycles. The summed E-state index contributed by atoms with van der Waals surface area (Å²) in [5.74, 6) is 0. The van der Waals surface area contributed by atoms with E-state index in [9.17, 15) is 0 Å². The summed E-state index contributed by atoms with van der Waals surface area (Å²) in [5, 5.41) is 7.89. The smallest absolute Gasteiger partial charge is 0.0843 e. The molecule has 1 N–H and O–H groups in total. The van der Waals surface area contributed by atoms with Gasteiger partial charge in [0.2, 0.25) is 0 Å². The van der Waals surface area contributed by atoms with Crippen molar-refractivity contribution in [2.45, 2.75) is 26.9 Å². The maximum atomic E-state index is 4.42. The molecule has 2 aromatic rings. The number of thiophene rings is 1. The molecule has 0 amide bonds. The molecule has 6 heteroatoms. The zero-order valence-corrected chi connectivity index (χ0v) is 14.5. The zero-order valence-electron chi connectivity index (χ0n) is 10.6. The Bertz CT molecular complexity index is 540. The van der Waals surface area contributed by atoms with E-state index in [2.05, 4.69) is 62.2 Å². The van der Waals surface area contributed by atoms with Crippen molar-refractivity contribution in [2.24, 2.45) is 7.05 Å². The first kappa shape index (κ1) is 14.2. The fourth-order valence-electron chi connectivity index (χ4n) is 1.86. The number of aromatic nitrogens is 2. The summed E-state index contributed by atoms with van der Waals surface area (Å²) in [7, 11) is 1.99. The van der Waals surface area contributed by atoms with E-state index >= 15 is 0 Å². The van der Waals surface area contributed by atoms with E-state index in [0.29, 0.717) is 0 Å². The number of aryl methyl sites for hydroxylation is 2. The van der Waals surface area contributed by atoms with Gasteiger partial charge in [-0.05, 0) is 51.8 Å². The van der Waals surface area contributed by atoms with Crippen LogP contribution in [0.5, 0.6) is 0 Å². The van der Waals surface area contributed by atoms with Crippen LogP contribution in [0.2, 0.25) is 0 Å². The molecular weight excluding hydrogens is 378 g/mol. The van der Waals surface area contributed by atoms with Gasteiger partial charge in [0.15, 0.2) is 0 Å². The monoisotopic (exact) mass is 391 g/mol. The van der Waals surface area contributed by atoms with Gasteiger partial charge in [0.05, 0.1) is 9.48 Å². The number of hydrogen-bond donors (Lipinski definition) is 1. The Labute approximate surface area is 128 Å². The lowest BCUT2D eigenvalue weighted by atomic mass is 10.2. The van der Waals surface area contributed by atoms with Crippen molar-refractivity contribution >= 4 is 43.2 Å². The highest BCUT2D eigenvalue weighted by Crippen LogP contribution is 2.32. The average Bonchev–Trinajstić information content (AvgIpc) is 2.73. The molecule has 0 unspecified atom stereocenters. The molecule has 0 bridgehead atoms. The molecule has 0 aliphatic carbocycles. The van der Waals surface area contributed by atoms with Crippen molar-refractivity contribution in [3.05, 3.63) is 36.2 Å². The summed E-state index contributed by atoms with van der Waals surface area (Å²) in [6.45, 7) is 5.90. The van der Waals surface area contributed by atoms with Gasteiger partial charge in [-0.25, -0.2) is 0 Å². The Balaban J connectivity index is 1.96. The molecule has 0 radical (unpaired) electrons. The molecule has 0 aromatic carbocycles. The maximum Gasteiger partial charge on any atom is 0.0843 e. The minimum Gasteiger partial charge on any atom is -0.308 e. The topological polar surface area (TPSA) is 29.9 Å². The number of nitrogens with zero attached hydrogens (tertiary/aromatic N) is 2. The van der Waals surface area contributed by atoms with Gasteiger partial charge in [-0.2, -0.15) is 5.10 Å². The van der Waals surface area contributed by atoms with Crippen molar-refractivity contribution in [1.82, 2.24) is 15.1 Å². The molecule has 0 aliphatic rings. The largest absolute Gasteiger partial charge is 0.308 e. The SMILES string of the molecule is Cc1nn(C)c(C)c1CNCc1cc(Br)c(Br)s1. The summed E-state index contributed by atoms with van der Waals surface area (Å²) in [4.78, 5) is 1.31. The standard InChI is InChI=1S/C12H15Br2N3S/c1-7-10(8(2)17(3)16-7)6-15-5-9-4-11(13)12(14)18-9/h4,15H,5-6H2,1-3H3. The van der Waals surface area contributed by atoms with Gasteiger partial charge < -0.3 is 5.32 Å². The number of nitrogens with one attached hydrogen (secondary N) is 1. The van der Waals surface area contributed by atoms with Gasteiger partial charge in [-0.15, -0.1) is 11.3 Å². The molecule has 0 saturated heterocycles. The molecule has 2 rings (SSSR count). The van der Waals surface area contributed by atoms with Crippen molar-refractivity contribution < 1.29 is 0 Å². The lowest BCUT2D eigenvalue weighted by molar-refractivity contribution is 0.690. The minimum absolute atomic E-state index is 0.860. The Hall–Kier alpha value is -0.170. The molecule has 3 nitrogen and oxygen atoms in total. The summed E-state index contributed by atoms with van der Waals surface area (Å²) in [5.41, 5.74) is 3.64. The van der Waals surface area contributed by atoms with E-state index in [0.717, 1.165) is 27.0 Å². The van der Waals surface area contributed by atoms with E-state index in [1.807, 2.05) is 11.7 Å². The van der Waals surface area contributed by atoms with Gasteiger partial charge in [0.25, 0.3) is 0 Å². The first-order valence-electron chi connectivity index (χ1n) is 5.62. The van der Waals surface area contributed by atoms with Crippen LogP contribution in [0.15, 0.2) is 14.3 Å². The minimum atomic E-state index is 0.860. The normalized spacial score (nSPS) is 11.2. The lowest BCUT2D eigenvalue weighted by Gasteiger charge is -2.03. The summed E-state index contributed by atoms with van der Waals surface area (Å²) in [6.07, 6.45) is 0. The Kier molecular flexibility index (Phi) is 4.64. The highest BCUT2D eigenvalue weighted by Gasteiger charge is 2.09. The second kappa shape index (κ2) is 5.86. The molecule has 18 heavy (non-hydrogen) atoms. The maximum absolute atomic E-state index is 4.42. The van der Waals surface area contributed by atoms with Crippen LogP contribution >= 0.6 is 43.2 Å². The lowest BCUT2D eigenvalue weighted by Crippen LogP contribution is -2.13. The van der Waals surface area contributed by atoms with Crippen molar-refractivity contribution in [2.75, 3.05) is 0 Å². The van der Waals surface area contributed by atoms with Crippen LogP contribution < -0.4 is 5.32 Å². The number of hydrogen-bond acceptors (Lipinski definition) is 3. The first-order valence-corrected chi connectivity index (χ1v) is 8.02. The Morgan fingerprint density at radius 2 is 2.06 bits per heavy atom. The molecule has 0 aliphatic heterocycles. The third-order valence-corrected chi connectivity index (χ3v) is 6.21. The van der Waals surface area contributed by atoms with E-state index < -0.39 is 0 Å². The molecule has 2 heterocycles. The highest BCUT2D eigenvalue weighted by atomic mass is 79.9. The molecule has 0 saturated carbocycles. The fraction of sp³-hybridized carbons (Fsp3) is 0.417. The van der Waals surface area contributed by atoms with Crippen LogP contribution in [0.4, 0.5) is 0 Å². The summed E-state index contributed by atoms with van der Waals surface area (Å²) >= 11 is 8.76. The predicted octanol–water partition coefficient (Wildman–Crippen LogP) is 3.91. The number of rotatable bonds is 4. The predicted molar refractivity (Wildman–Crippen MR) is 82.9 cm³/mol. The van der Waals surface area contributed by atoms with E-state index in [-0.39, 0.29) is 0 Å². The zero-order chi connectivity index (χ0) is 13.3. The summed E-state index contributed by atoms with van der Waals surface area (Å²) in [6, 6.07) is 2.14. The van der Waals surface area contributed by atoms with Crippen LogP contribution in [0.3, 0.4) is 0 Å². The van der Waals surface area contributed by atoms with Crippen LogP contribution in [0.1, 0.15) is 21.8 Å². The van der Waals surface area contributed by atoms with E-state index in [4.69, 9.17) is 0 Å². The van der Waals surface area contributed by atoms with Gasteiger partial charge in [0, 0.05) is 40.7 Å². The Morgan fingerprint density at radius 1 is 1.33 bits per heavy atom. The molecule has 0 spiro atoms. The molecule has 0 fully saturated rings. The van der Waals surface area contributed by atoms with Crippen LogP contribution in [-0.4, -0.2) is 9.78 Å². The second-order valence-electron chi connectivity index (χ2n) is 4.21. The van der Waals surface area contributed by atoms with E-state index in [1.165, 1.54) is 16.1 Å². The molecule has 0 atom stereocenters. The van der Waals surface area contributed by atoms with Crippen molar-refractivity contribution in [3.63, 3.8) is 0 Å². The average molecular weight is 393 g/mol. The second-order valence-corrected chi connectivity index (χ2v) is 7.52. The first-order chi connectivity index (χ1) is 8.49. The highest BCUT2D eigenvalue weighted by molar-refractivity contribution is 9.13. The third kappa shape index (κ3) is 3.04. The van der Waals surface area contributed by atoms with Gasteiger partial charge >= 0.3 is 0 Å². The van der Waals surface area contributed by atoms with E-state index in [1.54, 1.807) is 11.3 Å². The molecule has 98 valence electrons. The fourth-order valence-corrected chi connectivity index (χ4v) is 4.01. The van der Waals surface area contributed by atoms with Gasteiger partial charge in [-0.1, -0.05) is 0 Å². The van der Waals surface area contributed by atoms with Gasteiger partial charge in [-0.3, -0.25) is 4.68 Å².